The zero-order valence-electron chi connectivity index (χ0n) is 15.4. The van der Waals surface area contributed by atoms with Gasteiger partial charge in [-0.25, -0.2) is 4.98 Å². The predicted molar refractivity (Wildman–Crippen MR) is 108 cm³/mol. The van der Waals surface area contributed by atoms with Crippen molar-refractivity contribution in [1.82, 2.24) is 20.2 Å². The van der Waals surface area contributed by atoms with Crippen molar-refractivity contribution in [1.29, 1.82) is 0 Å². The van der Waals surface area contributed by atoms with Gasteiger partial charge in [0.05, 0.1) is 17.6 Å². The van der Waals surface area contributed by atoms with E-state index in [0.717, 1.165) is 28.2 Å². The van der Waals surface area contributed by atoms with E-state index in [0.29, 0.717) is 25.9 Å². The lowest BCUT2D eigenvalue weighted by Gasteiger charge is -2.10. The molecule has 7 heteroatoms. The molecule has 0 spiro atoms. The van der Waals surface area contributed by atoms with Gasteiger partial charge in [-0.15, -0.1) is 11.3 Å². The number of rotatable bonds is 9. The molecule has 3 rings (SSSR count). The average Bonchev–Trinajstić information content (AvgIpc) is 3.29. The third-order valence-electron chi connectivity index (χ3n) is 4.22. The van der Waals surface area contributed by atoms with Crippen LogP contribution in [0.4, 0.5) is 0 Å². The summed E-state index contributed by atoms with van der Waals surface area (Å²) in [6.45, 7) is 3.24. The molecule has 0 aliphatic rings. The zero-order chi connectivity index (χ0) is 19.1. The zero-order valence-corrected chi connectivity index (χ0v) is 16.2. The third-order valence-corrected chi connectivity index (χ3v) is 5.10. The highest BCUT2D eigenvalue weighted by atomic mass is 32.1. The maximum atomic E-state index is 12.4. The highest BCUT2D eigenvalue weighted by Crippen LogP contribution is 2.16. The molecule has 27 heavy (non-hydrogen) atoms. The van der Waals surface area contributed by atoms with Gasteiger partial charge >= 0.3 is 0 Å². The monoisotopic (exact) mass is 384 g/mol. The van der Waals surface area contributed by atoms with Crippen LogP contribution in [0, 0.1) is 0 Å². The largest absolute Gasteiger partial charge is 0.356 e. The predicted octanol–water partition coefficient (Wildman–Crippen LogP) is 2.87. The van der Waals surface area contributed by atoms with Crippen LogP contribution in [0.1, 0.15) is 30.5 Å². The summed E-state index contributed by atoms with van der Waals surface area (Å²) in [5.41, 5.74) is 1.79. The molecule has 3 aromatic rings. The molecule has 2 N–H and O–H groups in total. The Morgan fingerprint density at radius 2 is 1.96 bits per heavy atom. The normalized spacial score (nSPS) is 10.9. The first kappa shape index (κ1) is 19.1. The smallest absolute Gasteiger partial charge is 0.240 e. The third kappa shape index (κ3) is 5.17. The fraction of sp³-hybridized carbons (Fsp3) is 0.350. The Labute approximate surface area is 162 Å². The van der Waals surface area contributed by atoms with Crippen LogP contribution in [0.25, 0.3) is 11.0 Å². The molecule has 0 radical (unpaired) electrons. The summed E-state index contributed by atoms with van der Waals surface area (Å²) < 4.78 is 1.94. The number of benzene rings is 1. The van der Waals surface area contributed by atoms with Crippen molar-refractivity contribution in [2.24, 2.45) is 0 Å². The number of para-hydroxylation sites is 2. The van der Waals surface area contributed by atoms with E-state index in [1.165, 1.54) is 0 Å². The standard InChI is InChI=1S/C20H24N4O2S/c1-2-6-19(25)21-11-10-18-23-16-8-3-4-9-17(16)24(18)14-20(26)22-13-15-7-5-12-27-15/h3-5,7-9,12H,2,6,10-11,13-14H2,1H3,(H,21,25)(H,22,26). The van der Waals surface area contributed by atoms with Crippen LogP contribution in [-0.4, -0.2) is 27.9 Å². The Morgan fingerprint density at radius 1 is 1.11 bits per heavy atom. The van der Waals surface area contributed by atoms with Crippen molar-refractivity contribution >= 4 is 34.2 Å². The SMILES string of the molecule is CCCC(=O)NCCc1nc2ccccc2n1CC(=O)NCc1cccs1. The topological polar surface area (TPSA) is 76.0 Å². The first-order valence-electron chi connectivity index (χ1n) is 9.17. The van der Waals surface area contributed by atoms with E-state index >= 15 is 0 Å². The van der Waals surface area contributed by atoms with E-state index < -0.39 is 0 Å². The van der Waals surface area contributed by atoms with Gasteiger partial charge in [0.25, 0.3) is 0 Å². The van der Waals surface area contributed by atoms with Gasteiger partial charge in [-0.2, -0.15) is 0 Å². The number of nitrogens with zero attached hydrogens (tertiary/aromatic N) is 2. The maximum absolute atomic E-state index is 12.4. The van der Waals surface area contributed by atoms with E-state index in [1.54, 1.807) is 11.3 Å². The molecular formula is C20H24N4O2S. The van der Waals surface area contributed by atoms with Crippen LogP contribution in [0.15, 0.2) is 41.8 Å². The van der Waals surface area contributed by atoms with Crippen LogP contribution in [-0.2, 0) is 29.1 Å². The van der Waals surface area contributed by atoms with Crippen LogP contribution < -0.4 is 10.6 Å². The number of imidazole rings is 1. The molecule has 0 unspecified atom stereocenters. The number of carbonyl (C=O) groups is 2. The minimum atomic E-state index is -0.0529. The van der Waals surface area contributed by atoms with Crippen LogP contribution in [0.3, 0.4) is 0 Å². The van der Waals surface area contributed by atoms with Crippen LogP contribution in [0.2, 0.25) is 0 Å². The average molecular weight is 385 g/mol. The first-order valence-corrected chi connectivity index (χ1v) is 10.0. The quantitative estimate of drug-likeness (QED) is 0.596. The molecule has 0 fully saturated rings. The Morgan fingerprint density at radius 3 is 2.74 bits per heavy atom. The summed E-state index contributed by atoms with van der Waals surface area (Å²) in [5.74, 6) is 0.802. The van der Waals surface area contributed by atoms with Gasteiger partial charge in [-0.1, -0.05) is 25.1 Å². The Kier molecular flexibility index (Phi) is 6.59. The van der Waals surface area contributed by atoms with Crippen molar-refractivity contribution in [3.63, 3.8) is 0 Å². The molecule has 0 aliphatic carbocycles. The van der Waals surface area contributed by atoms with Crippen molar-refractivity contribution in [2.45, 2.75) is 39.3 Å². The van der Waals surface area contributed by atoms with E-state index in [1.807, 2.05) is 53.3 Å². The van der Waals surface area contributed by atoms with Crippen molar-refractivity contribution in [3.8, 4) is 0 Å². The summed E-state index contributed by atoms with van der Waals surface area (Å²) in [5, 5.41) is 7.86. The van der Waals surface area contributed by atoms with Gasteiger partial charge in [-0.3, -0.25) is 9.59 Å². The van der Waals surface area contributed by atoms with Crippen LogP contribution in [0.5, 0.6) is 0 Å². The van der Waals surface area contributed by atoms with Crippen molar-refractivity contribution in [2.75, 3.05) is 6.54 Å². The molecule has 0 atom stereocenters. The molecule has 0 aliphatic heterocycles. The summed E-state index contributed by atoms with van der Waals surface area (Å²) in [6.07, 6.45) is 1.94. The number of fused-ring (bicyclic) bond motifs is 1. The number of amides is 2. The van der Waals surface area contributed by atoms with Crippen molar-refractivity contribution < 1.29 is 9.59 Å². The van der Waals surface area contributed by atoms with Crippen molar-refractivity contribution in [3.05, 3.63) is 52.5 Å². The van der Waals surface area contributed by atoms with Gasteiger partial charge in [0.2, 0.25) is 11.8 Å². The molecule has 2 heterocycles. The van der Waals surface area contributed by atoms with Gasteiger partial charge in [0.15, 0.2) is 0 Å². The second-order valence-electron chi connectivity index (χ2n) is 6.31. The molecule has 1 aromatic carbocycles. The summed E-state index contributed by atoms with van der Waals surface area (Å²) >= 11 is 1.62. The Bertz CT molecular complexity index is 902. The molecule has 2 amide bonds. The lowest BCUT2D eigenvalue weighted by Crippen LogP contribution is -2.29. The fourth-order valence-corrected chi connectivity index (χ4v) is 3.56. The van der Waals surface area contributed by atoms with Crippen LogP contribution >= 0.6 is 11.3 Å². The number of nitrogens with one attached hydrogen (secondary N) is 2. The second-order valence-corrected chi connectivity index (χ2v) is 7.34. The number of carbonyl (C=O) groups excluding carboxylic acids is 2. The highest BCUT2D eigenvalue weighted by Gasteiger charge is 2.14. The summed E-state index contributed by atoms with van der Waals surface area (Å²) in [7, 11) is 0. The maximum Gasteiger partial charge on any atom is 0.240 e. The first-order chi connectivity index (χ1) is 13.2. The van der Waals surface area contributed by atoms with E-state index in [9.17, 15) is 9.59 Å². The summed E-state index contributed by atoms with van der Waals surface area (Å²) in [6, 6.07) is 11.8. The molecule has 2 aromatic heterocycles. The lowest BCUT2D eigenvalue weighted by molar-refractivity contribution is -0.122. The molecule has 142 valence electrons. The van der Waals surface area contributed by atoms with Gasteiger partial charge < -0.3 is 15.2 Å². The van der Waals surface area contributed by atoms with Gasteiger partial charge in [-0.05, 0) is 30.0 Å². The Hall–Kier alpha value is -2.67. The van der Waals surface area contributed by atoms with Gasteiger partial charge in [0, 0.05) is 24.3 Å². The Balaban J connectivity index is 1.68. The summed E-state index contributed by atoms with van der Waals surface area (Å²) in [4.78, 5) is 29.9. The highest BCUT2D eigenvalue weighted by molar-refractivity contribution is 7.09. The minimum Gasteiger partial charge on any atom is -0.356 e. The molecular weight excluding hydrogens is 360 g/mol. The van der Waals surface area contributed by atoms with E-state index in [4.69, 9.17) is 0 Å². The van der Waals surface area contributed by atoms with E-state index in [2.05, 4.69) is 15.6 Å². The number of hydrogen-bond donors (Lipinski definition) is 2. The van der Waals surface area contributed by atoms with E-state index in [-0.39, 0.29) is 18.4 Å². The number of hydrogen-bond acceptors (Lipinski definition) is 4. The number of aromatic nitrogens is 2. The van der Waals surface area contributed by atoms with Gasteiger partial charge in [0.1, 0.15) is 12.4 Å². The lowest BCUT2D eigenvalue weighted by atomic mass is 10.3. The minimum absolute atomic E-state index is 0.0499. The molecule has 0 saturated heterocycles. The number of thiophene rings is 1. The second kappa shape index (κ2) is 9.32. The fourth-order valence-electron chi connectivity index (χ4n) is 2.92. The molecule has 6 nitrogen and oxygen atoms in total. The molecule has 0 saturated carbocycles. The molecule has 0 bridgehead atoms.